The molecule has 5 nitrogen and oxygen atoms in total. The van der Waals surface area contributed by atoms with Crippen molar-refractivity contribution in [3.63, 3.8) is 0 Å². The summed E-state index contributed by atoms with van der Waals surface area (Å²) in [4.78, 5) is 25.8. The number of benzene rings is 2. The molecule has 2 rings (SSSR count). The van der Waals surface area contributed by atoms with Gasteiger partial charge in [0.15, 0.2) is 6.61 Å². The van der Waals surface area contributed by atoms with E-state index in [2.05, 4.69) is 5.32 Å². The van der Waals surface area contributed by atoms with E-state index < -0.39 is 0 Å². The topological polar surface area (TPSA) is 58.6 Å². The number of rotatable bonds is 7. The molecule has 0 aliphatic carbocycles. The molecule has 1 amide bonds. The smallest absolute Gasteiger partial charge is 0.306 e. The molecule has 2 aromatic carbocycles. The first-order chi connectivity index (χ1) is 12.3. The van der Waals surface area contributed by atoms with E-state index in [1.54, 1.807) is 0 Å². The Morgan fingerprint density at radius 2 is 1.69 bits per heavy atom. The van der Waals surface area contributed by atoms with Crippen LogP contribution in [0.1, 0.15) is 23.1 Å². The van der Waals surface area contributed by atoms with Crippen molar-refractivity contribution < 1.29 is 14.3 Å². The fraction of sp³-hybridized carbons (Fsp3) is 0.333. The molecular formula is C21H26N2O3. The second-order valence-electron chi connectivity index (χ2n) is 6.57. The highest BCUT2D eigenvalue weighted by Gasteiger charge is 2.09. The zero-order valence-electron chi connectivity index (χ0n) is 15.8. The first-order valence-electron chi connectivity index (χ1n) is 8.64. The molecule has 0 spiro atoms. The van der Waals surface area contributed by atoms with Crippen molar-refractivity contribution in [1.29, 1.82) is 0 Å². The van der Waals surface area contributed by atoms with Crippen LogP contribution >= 0.6 is 0 Å². The zero-order valence-corrected chi connectivity index (χ0v) is 15.8. The van der Waals surface area contributed by atoms with Crippen molar-refractivity contribution in [2.45, 2.75) is 26.7 Å². The highest BCUT2D eigenvalue weighted by atomic mass is 16.5. The number of hydrogen-bond donors (Lipinski definition) is 1. The molecule has 0 heterocycles. The second-order valence-corrected chi connectivity index (χ2v) is 6.57. The number of carbonyl (C=O) groups excluding carboxylic acids is 2. The minimum atomic E-state index is -0.378. The molecule has 0 radical (unpaired) electrons. The van der Waals surface area contributed by atoms with Gasteiger partial charge in [0.25, 0.3) is 5.91 Å². The molecule has 0 fully saturated rings. The fourth-order valence-electron chi connectivity index (χ4n) is 2.44. The minimum absolute atomic E-state index is 0.248. The maximum Gasteiger partial charge on any atom is 0.306 e. The van der Waals surface area contributed by atoms with Crippen LogP contribution in [0.2, 0.25) is 0 Å². The minimum Gasteiger partial charge on any atom is -0.456 e. The second kappa shape index (κ2) is 9.04. The summed E-state index contributed by atoms with van der Waals surface area (Å²) in [5, 5.41) is 2.74. The maximum atomic E-state index is 11.9. The molecule has 26 heavy (non-hydrogen) atoms. The molecule has 0 aliphatic heterocycles. The van der Waals surface area contributed by atoms with Crippen molar-refractivity contribution >= 4 is 23.3 Å². The molecule has 5 heteroatoms. The van der Waals surface area contributed by atoms with Crippen LogP contribution in [0.4, 0.5) is 11.4 Å². The lowest BCUT2D eigenvalue weighted by molar-refractivity contribution is -0.147. The average Bonchev–Trinajstić information content (AvgIpc) is 2.61. The van der Waals surface area contributed by atoms with Gasteiger partial charge in [0.05, 0.1) is 0 Å². The summed E-state index contributed by atoms with van der Waals surface area (Å²) < 4.78 is 5.05. The Kier molecular flexibility index (Phi) is 6.78. The Morgan fingerprint density at radius 1 is 1.00 bits per heavy atom. The Labute approximate surface area is 155 Å². The Morgan fingerprint density at radius 3 is 2.31 bits per heavy atom. The van der Waals surface area contributed by atoms with Gasteiger partial charge in [0.2, 0.25) is 0 Å². The van der Waals surface area contributed by atoms with Crippen molar-refractivity contribution in [2.75, 3.05) is 30.9 Å². The molecular weight excluding hydrogens is 328 g/mol. The molecule has 0 bridgehead atoms. The molecule has 0 atom stereocenters. The number of aryl methyl sites for hydroxylation is 3. The Hall–Kier alpha value is -2.82. The van der Waals surface area contributed by atoms with E-state index in [-0.39, 0.29) is 24.9 Å². The molecule has 0 saturated heterocycles. The number of nitrogens with zero attached hydrogens (tertiary/aromatic N) is 1. The summed E-state index contributed by atoms with van der Waals surface area (Å²) in [5.74, 6) is -0.714. The first kappa shape index (κ1) is 19.5. The number of anilines is 2. The third-order valence-electron chi connectivity index (χ3n) is 4.23. The summed E-state index contributed by atoms with van der Waals surface area (Å²) in [6.07, 6.45) is 0.837. The van der Waals surface area contributed by atoms with E-state index in [9.17, 15) is 9.59 Å². The van der Waals surface area contributed by atoms with Gasteiger partial charge in [-0.15, -0.1) is 0 Å². The lowest BCUT2D eigenvalue weighted by Crippen LogP contribution is -2.21. The summed E-state index contributed by atoms with van der Waals surface area (Å²) in [6.45, 7) is 3.72. The number of nitrogens with one attached hydrogen (secondary N) is 1. The molecule has 0 unspecified atom stereocenters. The molecule has 0 saturated carbocycles. The number of carbonyl (C=O) groups is 2. The van der Waals surface area contributed by atoms with Crippen LogP contribution in [0.15, 0.2) is 42.5 Å². The van der Waals surface area contributed by atoms with Crippen LogP contribution in [-0.2, 0) is 20.7 Å². The van der Waals surface area contributed by atoms with Gasteiger partial charge >= 0.3 is 5.97 Å². The van der Waals surface area contributed by atoms with Gasteiger partial charge in [0.1, 0.15) is 0 Å². The lowest BCUT2D eigenvalue weighted by Gasteiger charge is -2.12. The van der Waals surface area contributed by atoms with Crippen molar-refractivity contribution in [2.24, 2.45) is 0 Å². The van der Waals surface area contributed by atoms with E-state index in [1.165, 1.54) is 0 Å². The summed E-state index contributed by atoms with van der Waals surface area (Å²) in [5.41, 5.74) is 5.13. The molecule has 2 aromatic rings. The van der Waals surface area contributed by atoms with Crippen LogP contribution in [-0.4, -0.2) is 32.6 Å². The van der Waals surface area contributed by atoms with Gasteiger partial charge < -0.3 is 15.0 Å². The van der Waals surface area contributed by atoms with Crippen LogP contribution in [0, 0.1) is 13.8 Å². The van der Waals surface area contributed by atoms with Crippen molar-refractivity contribution in [1.82, 2.24) is 0 Å². The monoisotopic (exact) mass is 354 g/mol. The third kappa shape index (κ3) is 5.92. The molecule has 0 aromatic heterocycles. The summed E-state index contributed by atoms with van der Waals surface area (Å²) in [7, 11) is 3.96. The third-order valence-corrected chi connectivity index (χ3v) is 4.23. The highest BCUT2D eigenvalue weighted by Crippen LogP contribution is 2.15. The largest absolute Gasteiger partial charge is 0.456 e. The Balaban J connectivity index is 1.73. The van der Waals surface area contributed by atoms with Gasteiger partial charge in [-0.05, 0) is 61.2 Å². The summed E-state index contributed by atoms with van der Waals surface area (Å²) in [6, 6.07) is 13.7. The number of ether oxygens (including phenoxy) is 1. The van der Waals surface area contributed by atoms with Gasteiger partial charge in [0, 0.05) is 31.9 Å². The molecule has 1 N–H and O–H groups in total. The predicted molar refractivity (Wildman–Crippen MR) is 105 cm³/mol. The molecule has 0 aliphatic rings. The first-order valence-corrected chi connectivity index (χ1v) is 8.64. The predicted octanol–water partition coefficient (Wildman–Crippen LogP) is 3.48. The van der Waals surface area contributed by atoms with E-state index in [0.717, 1.165) is 22.4 Å². The number of amides is 1. The van der Waals surface area contributed by atoms with Crippen LogP contribution < -0.4 is 10.2 Å². The lowest BCUT2D eigenvalue weighted by atomic mass is 10.1. The van der Waals surface area contributed by atoms with Crippen LogP contribution in [0.5, 0.6) is 0 Å². The summed E-state index contributed by atoms with van der Waals surface area (Å²) >= 11 is 0. The van der Waals surface area contributed by atoms with E-state index in [1.807, 2.05) is 75.3 Å². The number of hydrogen-bond acceptors (Lipinski definition) is 4. The van der Waals surface area contributed by atoms with Gasteiger partial charge in [-0.3, -0.25) is 9.59 Å². The van der Waals surface area contributed by atoms with Crippen molar-refractivity contribution in [3.8, 4) is 0 Å². The number of esters is 1. The van der Waals surface area contributed by atoms with E-state index in [4.69, 9.17) is 4.74 Å². The standard InChI is InChI=1S/C21H26N2O3/c1-15-5-9-18(13-16(15)2)22-20(24)14-26-21(25)12-8-17-6-10-19(11-7-17)23(3)4/h5-7,9-11,13H,8,12,14H2,1-4H3,(H,22,24). The quantitative estimate of drug-likeness (QED) is 0.774. The van der Waals surface area contributed by atoms with Gasteiger partial charge in [-0.25, -0.2) is 0 Å². The fourth-order valence-corrected chi connectivity index (χ4v) is 2.44. The Bertz CT molecular complexity index is 767. The molecule has 138 valence electrons. The zero-order chi connectivity index (χ0) is 19.1. The SMILES string of the molecule is Cc1ccc(NC(=O)COC(=O)CCc2ccc(N(C)C)cc2)cc1C. The maximum absolute atomic E-state index is 11.9. The van der Waals surface area contributed by atoms with Crippen molar-refractivity contribution in [3.05, 3.63) is 59.2 Å². The average molecular weight is 354 g/mol. The van der Waals surface area contributed by atoms with Crippen LogP contribution in [0.25, 0.3) is 0 Å². The van der Waals surface area contributed by atoms with E-state index >= 15 is 0 Å². The van der Waals surface area contributed by atoms with Gasteiger partial charge in [-0.2, -0.15) is 0 Å². The highest BCUT2D eigenvalue weighted by molar-refractivity contribution is 5.92. The van der Waals surface area contributed by atoms with Crippen LogP contribution in [0.3, 0.4) is 0 Å². The normalized spacial score (nSPS) is 10.3. The van der Waals surface area contributed by atoms with Gasteiger partial charge in [-0.1, -0.05) is 18.2 Å². The van der Waals surface area contributed by atoms with E-state index in [0.29, 0.717) is 12.1 Å².